The number of benzene rings is 1. The number of H-pyrrole nitrogens is 1. The molecule has 1 saturated heterocycles. The number of nitrogens with zero attached hydrogens (tertiary/aromatic N) is 2. The fourth-order valence-electron chi connectivity index (χ4n) is 2.42. The Bertz CT molecular complexity index is 699. The fourth-order valence-corrected chi connectivity index (χ4v) is 2.42. The van der Waals surface area contributed by atoms with E-state index in [0.717, 1.165) is 11.4 Å². The van der Waals surface area contributed by atoms with E-state index in [2.05, 4.69) is 15.3 Å². The summed E-state index contributed by atoms with van der Waals surface area (Å²) >= 11 is 0. The number of nitrogens with one attached hydrogen (secondary N) is 2. The third-order valence-electron chi connectivity index (χ3n) is 3.73. The first kappa shape index (κ1) is 15.2. The Kier molecular flexibility index (Phi) is 4.38. The molecule has 1 fully saturated rings. The lowest BCUT2D eigenvalue weighted by atomic mass is 10.1. The molecular formula is C16H18N4O3. The van der Waals surface area contributed by atoms with Crippen molar-refractivity contribution >= 4 is 11.8 Å². The molecule has 0 unspecified atom stereocenters. The molecule has 23 heavy (non-hydrogen) atoms. The molecule has 1 aliphatic heterocycles. The molecule has 7 nitrogen and oxygen atoms in total. The number of morpholine rings is 1. The van der Waals surface area contributed by atoms with Gasteiger partial charge in [0.2, 0.25) is 5.91 Å². The quantitative estimate of drug-likeness (QED) is 0.868. The largest absolute Gasteiger partial charge is 0.365 e. The molecule has 1 aromatic heterocycles. The SMILES string of the molecule is CN1C[C@@H](CNC(=O)c2cccc(-c3ncc[nH]3)c2)OCC1=O. The van der Waals surface area contributed by atoms with E-state index in [1.165, 1.54) is 0 Å². The minimum Gasteiger partial charge on any atom is -0.365 e. The first-order valence-corrected chi connectivity index (χ1v) is 7.37. The topological polar surface area (TPSA) is 87.3 Å². The van der Waals surface area contributed by atoms with E-state index < -0.39 is 0 Å². The van der Waals surface area contributed by atoms with Gasteiger partial charge in [0, 0.05) is 43.7 Å². The molecule has 2 aromatic rings. The Balaban J connectivity index is 1.60. The molecule has 7 heteroatoms. The van der Waals surface area contributed by atoms with Crippen LogP contribution in [0.2, 0.25) is 0 Å². The molecule has 0 spiro atoms. The van der Waals surface area contributed by atoms with Crippen LogP contribution in [0.4, 0.5) is 0 Å². The Morgan fingerprint density at radius 3 is 3.13 bits per heavy atom. The molecule has 2 heterocycles. The molecule has 0 saturated carbocycles. The summed E-state index contributed by atoms with van der Waals surface area (Å²) in [7, 11) is 1.73. The van der Waals surface area contributed by atoms with Crippen LogP contribution >= 0.6 is 0 Å². The predicted octanol–water partition coefficient (Wildman–Crippen LogP) is 0.664. The van der Waals surface area contributed by atoms with Gasteiger partial charge in [0.15, 0.2) is 0 Å². The van der Waals surface area contributed by atoms with E-state index in [0.29, 0.717) is 18.7 Å². The highest BCUT2D eigenvalue weighted by atomic mass is 16.5. The van der Waals surface area contributed by atoms with E-state index >= 15 is 0 Å². The van der Waals surface area contributed by atoms with Crippen molar-refractivity contribution in [1.82, 2.24) is 20.2 Å². The lowest BCUT2D eigenvalue weighted by molar-refractivity contribution is -0.146. The third-order valence-corrected chi connectivity index (χ3v) is 3.73. The number of hydrogen-bond acceptors (Lipinski definition) is 4. The van der Waals surface area contributed by atoms with E-state index in [1.54, 1.807) is 36.5 Å². The van der Waals surface area contributed by atoms with Crippen LogP contribution in [-0.4, -0.2) is 59.5 Å². The summed E-state index contributed by atoms with van der Waals surface area (Å²) < 4.78 is 5.41. The monoisotopic (exact) mass is 314 g/mol. The summed E-state index contributed by atoms with van der Waals surface area (Å²) in [6.07, 6.45) is 3.22. The fraction of sp³-hybridized carbons (Fsp3) is 0.312. The number of amides is 2. The normalized spacial score (nSPS) is 18.0. The van der Waals surface area contributed by atoms with Gasteiger partial charge in [-0.05, 0) is 12.1 Å². The zero-order chi connectivity index (χ0) is 16.2. The van der Waals surface area contributed by atoms with Gasteiger partial charge in [-0.3, -0.25) is 9.59 Å². The van der Waals surface area contributed by atoms with Crippen molar-refractivity contribution in [2.75, 3.05) is 26.7 Å². The van der Waals surface area contributed by atoms with Crippen molar-refractivity contribution in [3.05, 3.63) is 42.2 Å². The number of rotatable bonds is 4. The second kappa shape index (κ2) is 6.62. The number of carbonyl (C=O) groups excluding carboxylic acids is 2. The van der Waals surface area contributed by atoms with Gasteiger partial charge in [0.25, 0.3) is 5.91 Å². The van der Waals surface area contributed by atoms with Crippen molar-refractivity contribution < 1.29 is 14.3 Å². The summed E-state index contributed by atoms with van der Waals surface area (Å²) in [5.41, 5.74) is 1.40. The van der Waals surface area contributed by atoms with Gasteiger partial charge in [-0.15, -0.1) is 0 Å². The van der Waals surface area contributed by atoms with Gasteiger partial charge < -0.3 is 19.9 Å². The lowest BCUT2D eigenvalue weighted by Crippen LogP contribution is -2.48. The Hall–Kier alpha value is -2.67. The minimum absolute atomic E-state index is 0.0428. The zero-order valence-electron chi connectivity index (χ0n) is 12.8. The molecule has 1 aliphatic rings. The van der Waals surface area contributed by atoms with Gasteiger partial charge >= 0.3 is 0 Å². The first-order valence-electron chi connectivity index (χ1n) is 7.37. The van der Waals surface area contributed by atoms with Crippen LogP contribution in [0.1, 0.15) is 10.4 Å². The second-order valence-electron chi connectivity index (χ2n) is 5.44. The van der Waals surface area contributed by atoms with Crippen LogP contribution in [0.25, 0.3) is 11.4 Å². The van der Waals surface area contributed by atoms with E-state index in [1.807, 2.05) is 12.1 Å². The molecule has 1 atom stereocenters. The molecule has 2 amide bonds. The number of aromatic amines is 1. The van der Waals surface area contributed by atoms with Gasteiger partial charge in [-0.1, -0.05) is 12.1 Å². The van der Waals surface area contributed by atoms with Crippen LogP contribution in [0.15, 0.2) is 36.7 Å². The van der Waals surface area contributed by atoms with Gasteiger partial charge in [0.1, 0.15) is 12.4 Å². The van der Waals surface area contributed by atoms with Crippen molar-refractivity contribution in [2.45, 2.75) is 6.10 Å². The highest BCUT2D eigenvalue weighted by Crippen LogP contribution is 2.16. The van der Waals surface area contributed by atoms with Crippen molar-refractivity contribution in [1.29, 1.82) is 0 Å². The van der Waals surface area contributed by atoms with Crippen LogP contribution < -0.4 is 5.32 Å². The molecular weight excluding hydrogens is 296 g/mol. The number of aromatic nitrogens is 2. The molecule has 1 aromatic carbocycles. The van der Waals surface area contributed by atoms with E-state index in [-0.39, 0.29) is 24.5 Å². The smallest absolute Gasteiger partial charge is 0.251 e. The summed E-state index contributed by atoms with van der Waals surface area (Å²) in [6.45, 7) is 0.901. The Morgan fingerprint density at radius 1 is 1.52 bits per heavy atom. The molecule has 0 aliphatic carbocycles. The summed E-state index contributed by atoms with van der Waals surface area (Å²) in [4.78, 5) is 32.4. The molecule has 0 bridgehead atoms. The molecule has 2 N–H and O–H groups in total. The van der Waals surface area contributed by atoms with Crippen molar-refractivity contribution in [3.63, 3.8) is 0 Å². The maximum Gasteiger partial charge on any atom is 0.251 e. The lowest BCUT2D eigenvalue weighted by Gasteiger charge is -2.29. The summed E-state index contributed by atoms with van der Waals surface area (Å²) in [5.74, 6) is 0.496. The average molecular weight is 314 g/mol. The minimum atomic E-state index is -0.185. The van der Waals surface area contributed by atoms with Crippen LogP contribution in [0.5, 0.6) is 0 Å². The summed E-state index contributed by atoms with van der Waals surface area (Å²) in [6, 6.07) is 7.24. The molecule has 0 radical (unpaired) electrons. The maximum absolute atomic E-state index is 12.3. The summed E-state index contributed by atoms with van der Waals surface area (Å²) in [5, 5.41) is 2.84. The number of hydrogen-bond donors (Lipinski definition) is 2. The van der Waals surface area contributed by atoms with E-state index in [4.69, 9.17) is 4.74 Å². The average Bonchev–Trinajstić information content (AvgIpc) is 3.10. The Labute approximate surface area is 133 Å². The van der Waals surface area contributed by atoms with Gasteiger partial charge in [-0.2, -0.15) is 0 Å². The molecule has 120 valence electrons. The van der Waals surface area contributed by atoms with Crippen molar-refractivity contribution in [2.24, 2.45) is 0 Å². The van der Waals surface area contributed by atoms with Crippen LogP contribution in [0, 0.1) is 0 Å². The zero-order valence-corrected chi connectivity index (χ0v) is 12.8. The first-order chi connectivity index (χ1) is 11.1. The molecule has 3 rings (SSSR count). The number of ether oxygens (including phenoxy) is 1. The third kappa shape index (κ3) is 3.57. The number of likely N-dealkylation sites (N-methyl/N-ethyl adjacent to an activating group) is 1. The Morgan fingerprint density at radius 2 is 2.39 bits per heavy atom. The predicted molar refractivity (Wildman–Crippen MR) is 83.7 cm³/mol. The van der Waals surface area contributed by atoms with Gasteiger partial charge in [-0.25, -0.2) is 4.98 Å². The van der Waals surface area contributed by atoms with Crippen LogP contribution in [-0.2, 0) is 9.53 Å². The number of imidazole rings is 1. The standard InChI is InChI=1S/C16H18N4O3/c1-20-9-13(23-10-14(20)21)8-19-16(22)12-4-2-3-11(7-12)15-17-5-6-18-15/h2-7,13H,8-10H2,1H3,(H,17,18)(H,19,22)/t13-/m1/s1. The highest BCUT2D eigenvalue weighted by Gasteiger charge is 2.23. The maximum atomic E-state index is 12.3. The van der Waals surface area contributed by atoms with Crippen LogP contribution in [0.3, 0.4) is 0 Å². The van der Waals surface area contributed by atoms with Gasteiger partial charge in [0.05, 0.1) is 6.10 Å². The highest BCUT2D eigenvalue weighted by molar-refractivity contribution is 5.95. The second-order valence-corrected chi connectivity index (χ2v) is 5.44. The van der Waals surface area contributed by atoms with E-state index in [9.17, 15) is 9.59 Å². The number of carbonyl (C=O) groups is 2. The van der Waals surface area contributed by atoms with Crippen molar-refractivity contribution in [3.8, 4) is 11.4 Å².